The zero-order chi connectivity index (χ0) is 20.6. The molecule has 1 rings (SSSR count). The van der Waals surface area contributed by atoms with Crippen LogP contribution in [0.2, 0.25) is 0 Å². The lowest BCUT2D eigenvalue weighted by Gasteiger charge is -2.16. The lowest BCUT2D eigenvalue weighted by atomic mass is 10.1. The summed E-state index contributed by atoms with van der Waals surface area (Å²) in [4.78, 5) is 4.08. The molecule has 0 spiro atoms. The minimum absolute atomic E-state index is 0.266. The number of hydrogen-bond donors (Lipinski definition) is 4. The summed E-state index contributed by atoms with van der Waals surface area (Å²) in [6, 6.07) is 3.69. The van der Waals surface area contributed by atoms with Gasteiger partial charge in [0.15, 0.2) is 0 Å². The van der Waals surface area contributed by atoms with Crippen molar-refractivity contribution >= 4 is 23.4 Å². The van der Waals surface area contributed by atoms with Crippen molar-refractivity contribution in [1.29, 1.82) is 5.41 Å². The fraction of sp³-hybridized carbons (Fsp3) is 0.368. The van der Waals surface area contributed by atoms with Crippen LogP contribution < -0.4 is 16.0 Å². The molecule has 0 amide bonds. The second kappa shape index (κ2) is 9.80. The van der Waals surface area contributed by atoms with E-state index in [-0.39, 0.29) is 11.7 Å². The molecule has 0 aliphatic carbocycles. The van der Waals surface area contributed by atoms with Crippen molar-refractivity contribution in [2.75, 3.05) is 24.7 Å². The van der Waals surface area contributed by atoms with Crippen LogP contribution in [-0.4, -0.2) is 32.3 Å². The molecule has 1 aromatic rings. The van der Waals surface area contributed by atoms with E-state index in [1.54, 1.807) is 20.9 Å². The van der Waals surface area contributed by atoms with Gasteiger partial charge in [0.05, 0.1) is 11.3 Å². The second-order valence-electron chi connectivity index (χ2n) is 5.81. The summed E-state index contributed by atoms with van der Waals surface area (Å²) in [5, 5.41) is 16.1. The molecule has 5 nitrogen and oxygen atoms in total. The van der Waals surface area contributed by atoms with Gasteiger partial charge in [-0.25, -0.2) is 4.99 Å². The Balaban J connectivity index is 3.38. The van der Waals surface area contributed by atoms with Crippen molar-refractivity contribution in [3.05, 3.63) is 46.8 Å². The number of aliphatic imine (C=N–C) groups is 1. The van der Waals surface area contributed by atoms with Gasteiger partial charge < -0.3 is 21.4 Å². The molecule has 0 saturated carbocycles. The summed E-state index contributed by atoms with van der Waals surface area (Å²) >= 11 is 0. The molecule has 0 aliphatic heterocycles. The van der Waals surface area contributed by atoms with Gasteiger partial charge in [0.25, 0.3) is 0 Å². The van der Waals surface area contributed by atoms with Gasteiger partial charge in [-0.2, -0.15) is 13.2 Å². The molecule has 0 fully saturated rings. The average molecular weight is 381 g/mol. The number of aryl methyl sites for hydroxylation is 1. The quantitative estimate of drug-likeness (QED) is 0.311. The fourth-order valence-corrected chi connectivity index (χ4v) is 2.45. The van der Waals surface area contributed by atoms with Crippen LogP contribution in [0, 0.1) is 12.3 Å². The highest BCUT2D eigenvalue weighted by Crippen LogP contribution is 2.29. The summed E-state index contributed by atoms with van der Waals surface area (Å²) in [6.07, 6.45) is -0.406. The second-order valence-corrected chi connectivity index (χ2v) is 5.81. The lowest BCUT2D eigenvalue weighted by molar-refractivity contribution is -0.0893. The van der Waals surface area contributed by atoms with E-state index in [1.807, 2.05) is 19.1 Å². The Hall–Kier alpha value is -2.77. The number of benzene rings is 1. The van der Waals surface area contributed by atoms with Gasteiger partial charge in [0.2, 0.25) is 0 Å². The molecule has 0 unspecified atom stereocenters. The molecular formula is C19H26F3N5. The fourth-order valence-electron chi connectivity index (χ4n) is 2.45. The number of nitrogens with one attached hydrogen (secondary N) is 4. The summed E-state index contributed by atoms with van der Waals surface area (Å²) in [5.41, 5.74) is 2.01. The van der Waals surface area contributed by atoms with E-state index in [9.17, 15) is 13.2 Å². The first-order valence-corrected chi connectivity index (χ1v) is 8.48. The first-order chi connectivity index (χ1) is 12.7. The Morgan fingerprint density at radius 2 is 1.85 bits per heavy atom. The van der Waals surface area contributed by atoms with Crippen LogP contribution >= 0.6 is 0 Å². The van der Waals surface area contributed by atoms with Crippen molar-refractivity contribution < 1.29 is 13.2 Å². The van der Waals surface area contributed by atoms with Crippen molar-refractivity contribution in [3.8, 4) is 0 Å². The Kier molecular flexibility index (Phi) is 8.08. The molecular weight excluding hydrogens is 355 g/mol. The van der Waals surface area contributed by atoms with Crippen LogP contribution in [0.25, 0.3) is 0 Å². The molecule has 0 aromatic heterocycles. The van der Waals surface area contributed by atoms with Crippen LogP contribution in [-0.2, 0) is 0 Å². The largest absolute Gasteiger partial charge is 0.419 e. The predicted octanol–water partition coefficient (Wildman–Crippen LogP) is 4.82. The number of allylic oxidation sites excluding steroid dienone is 3. The number of alkyl halides is 3. The first kappa shape index (κ1) is 22.3. The first-order valence-electron chi connectivity index (χ1n) is 8.48. The minimum atomic E-state index is -4.53. The van der Waals surface area contributed by atoms with E-state index in [2.05, 4.69) is 20.9 Å². The molecule has 0 heterocycles. The van der Waals surface area contributed by atoms with Crippen LogP contribution in [0.4, 0.5) is 24.5 Å². The molecule has 0 aliphatic rings. The highest BCUT2D eigenvalue weighted by Gasteiger charge is 2.34. The number of hydrogen-bond acceptors (Lipinski definition) is 4. The third-order valence-corrected chi connectivity index (χ3v) is 3.65. The van der Waals surface area contributed by atoms with Gasteiger partial charge in [-0.15, -0.1) is 0 Å². The van der Waals surface area contributed by atoms with Crippen LogP contribution in [0.5, 0.6) is 0 Å². The Morgan fingerprint density at radius 3 is 2.33 bits per heavy atom. The molecule has 0 saturated heterocycles. The summed E-state index contributed by atoms with van der Waals surface area (Å²) in [6.45, 7) is 5.22. The van der Waals surface area contributed by atoms with Gasteiger partial charge in [-0.1, -0.05) is 19.1 Å². The maximum atomic E-state index is 13.4. The smallest absolute Gasteiger partial charge is 0.388 e. The molecule has 4 N–H and O–H groups in total. The number of nitrogens with zero attached hydrogens (tertiary/aromatic N) is 1. The standard InChI is InChI=1S/C19H26F3N5/c1-6-7-8-15(19(20,21)22)18(25-5)27-13(3)26-17-10-12(2)9-16(24-4)14(17)11-23/h7-11,23-25H,6H2,1-5H3,(H,26,27)/b8-7+,18-15+,23-11?. The third-order valence-electron chi connectivity index (χ3n) is 3.65. The summed E-state index contributed by atoms with van der Waals surface area (Å²) in [5.74, 6) is -0.0168. The Labute approximate surface area is 158 Å². The van der Waals surface area contributed by atoms with Crippen molar-refractivity contribution in [2.45, 2.75) is 33.4 Å². The molecule has 8 heteroatoms. The normalized spacial score (nSPS) is 13.4. The monoisotopic (exact) mass is 381 g/mol. The van der Waals surface area contributed by atoms with Crippen molar-refractivity contribution in [1.82, 2.24) is 5.32 Å². The number of rotatable bonds is 7. The maximum absolute atomic E-state index is 13.4. The highest BCUT2D eigenvalue weighted by molar-refractivity contribution is 6.02. The summed E-state index contributed by atoms with van der Waals surface area (Å²) < 4.78 is 40.1. The van der Waals surface area contributed by atoms with Gasteiger partial charge in [0.1, 0.15) is 11.7 Å². The number of anilines is 2. The predicted molar refractivity (Wildman–Crippen MR) is 107 cm³/mol. The Morgan fingerprint density at radius 1 is 1.22 bits per heavy atom. The summed E-state index contributed by atoms with van der Waals surface area (Å²) in [7, 11) is 3.14. The topological polar surface area (TPSA) is 72.3 Å². The van der Waals surface area contributed by atoms with Crippen LogP contribution in [0.1, 0.15) is 31.4 Å². The van der Waals surface area contributed by atoms with Gasteiger partial charge in [-0.05, 0) is 38.0 Å². The maximum Gasteiger partial charge on any atom is 0.419 e. The number of halogens is 3. The van der Waals surface area contributed by atoms with E-state index < -0.39 is 11.7 Å². The highest BCUT2D eigenvalue weighted by atomic mass is 19.4. The Bertz CT molecular complexity index is 761. The van der Waals surface area contributed by atoms with E-state index in [0.717, 1.165) is 17.3 Å². The van der Waals surface area contributed by atoms with Crippen LogP contribution in [0.15, 0.2) is 40.7 Å². The minimum Gasteiger partial charge on any atom is -0.388 e. The van der Waals surface area contributed by atoms with E-state index >= 15 is 0 Å². The van der Waals surface area contributed by atoms with E-state index in [0.29, 0.717) is 17.7 Å². The zero-order valence-electron chi connectivity index (χ0n) is 16.2. The number of amidine groups is 1. The molecule has 148 valence electrons. The molecule has 0 bridgehead atoms. The average Bonchev–Trinajstić information content (AvgIpc) is 2.59. The van der Waals surface area contributed by atoms with Crippen LogP contribution in [0.3, 0.4) is 0 Å². The van der Waals surface area contributed by atoms with Gasteiger partial charge in [0, 0.05) is 31.6 Å². The van der Waals surface area contributed by atoms with Gasteiger partial charge >= 0.3 is 6.18 Å². The van der Waals surface area contributed by atoms with E-state index in [4.69, 9.17) is 5.41 Å². The molecule has 1 aromatic carbocycles. The van der Waals surface area contributed by atoms with E-state index in [1.165, 1.54) is 19.3 Å². The lowest BCUT2D eigenvalue weighted by Crippen LogP contribution is -2.20. The zero-order valence-corrected chi connectivity index (χ0v) is 16.2. The SMILES string of the molecule is CC/C=C/C(=C(\N=C(/C)Nc1cc(C)cc(NC)c1C=N)NC)C(F)(F)F. The molecule has 0 radical (unpaired) electrons. The van der Waals surface area contributed by atoms with Crippen molar-refractivity contribution in [2.24, 2.45) is 4.99 Å². The molecule has 27 heavy (non-hydrogen) atoms. The third kappa shape index (κ3) is 6.16. The molecule has 0 atom stereocenters. The van der Waals surface area contributed by atoms with Gasteiger partial charge in [-0.3, -0.25) is 0 Å². The van der Waals surface area contributed by atoms with Crippen molar-refractivity contribution in [3.63, 3.8) is 0 Å².